The minimum Gasteiger partial charge on any atom is -0.365 e. The number of thiocarbonyl (C=S) groups is 1. The molecule has 4 heteroatoms. The number of benzene rings is 1. The molecule has 1 aromatic carbocycles. The molecule has 0 spiro atoms. The van der Waals surface area contributed by atoms with Crippen molar-refractivity contribution in [2.24, 2.45) is 0 Å². The summed E-state index contributed by atoms with van der Waals surface area (Å²) in [5, 5.41) is 3.40. The van der Waals surface area contributed by atoms with Crippen LogP contribution in [0.5, 0.6) is 0 Å². The van der Waals surface area contributed by atoms with Crippen LogP contribution in [0.3, 0.4) is 0 Å². The highest BCUT2D eigenvalue weighted by Gasteiger charge is 1.90. The molecular formula is C9H13N3S. The molecule has 1 aromatic rings. The van der Waals surface area contributed by atoms with Gasteiger partial charge in [-0.2, -0.15) is 0 Å². The summed E-state index contributed by atoms with van der Waals surface area (Å²) in [6.45, 7) is 0.753. The average molecular weight is 195 g/mol. The zero-order valence-electron chi connectivity index (χ0n) is 7.50. The molecule has 0 aliphatic heterocycles. The second-order valence-electron chi connectivity index (χ2n) is 2.54. The molecule has 0 bridgehead atoms. The van der Waals surface area contributed by atoms with Gasteiger partial charge < -0.3 is 5.32 Å². The highest BCUT2D eigenvalue weighted by atomic mass is 32.1. The lowest BCUT2D eigenvalue weighted by molar-refractivity contribution is 0.648. The maximum absolute atomic E-state index is 4.89. The molecule has 70 valence electrons. The molecule has 0 saturated heterocycles. The van der Waals surface area contributed by atoms with Crippen LogP contribution in [0.25, 0.3) is 0 Å². The largest absolute Gasteiger partial charge is 0.365 e. The lowest BCUT2D eigenvalue weighted by Gasteiger charge is -2.08. The lowest BCUT2D eigenvalue weighted by atomic mass is 10.2. The van der Waals surface area contributed by atoms with E-state index in [1.807, 2.05) is 18.2 Å². The van der Waals surface area contributed by atoms with Gasteiger partial charge >= 0.3 is 0 Å². The molecule has 0 amide bonds. The van der Waals surface area contributed by atoms with Crippen molar-refractivity contribution >= 4 is 17.3 Å². The molecule has 0 aromatic heterocycles. The summed E-state index contributed by atoms with van der Waals surface area (Å²) in [4.78, 5) is 0. The SMILES string of the molecule is CNC(=S)NNCc1ccccc1. The van der Waals surface area contributed by atoms with Gasteiger partial charge in [-0.3, -0.25) is 5.43 Å². The van der Waals surface area contributed by atoms with E-state index in [1.54, 1.807) is 7.05 Å². The van der Waals surface area contributed by atoms with E-state index in [4.69, 9.17) is 12.2 Å². The molecule has 3 nitrogen and oxygen atoms in total. The zero-order chi connectivity index (χ0) is 9.52. The number of rotatable bonds is 3. The van der Waals surface area contributed by atoms with E-state index >= 15 is 0 Å². The lowest BCUT2D eigenvalue weighted by Crippen LogP contribution is -2.42. The van der Waals surface area contributed by atoms with E-state index in [0.717, 1.165) is 6.54 Å². The fourth-order valence-electron chi connectivity index (χ4n) is 0.885. The van der Waals surface area contributed by atoms with Crippen LogP contribution in [0, 0.1) is 0 Å². The third-order valence-corrected chi connectivity index (χ3v) is 1.87. The number of hydrogen-bond acceptors (Lipinski definition) is 2. The van der Waals surface area contributed by atoms with E-state index in [2.05, 4.69) is 28.3 Å². The van der Waals surface area contributed by atoms with Crippen LogP contribution in [-0.4, -0.2) is 12.2 Å². The first-order chi connectivity index (χ1) is 6.33. The van der Waals surface area contributed by atoms with Gasteiger partial charge in [0.1, 0.15) is 0 Å². The number of hydrogen-bond donors (Lipinski definition) is 3. The van der Waals surface area contributed by atoms with Crippen LogP contribution in [-0.2, 0) is 6.54 Å². The molecule has 0 unspecified atom stereocenters. The van der Waals surface area contributed by atoms with Gasteiger partial charge in [-0.05, 0) is 17.8 Å². The fraction of sp³-hybridized carbons (Fsp3) is 0.222. The van der Waals surface area contributed by atoms with Gasteiger partial charge in [-0.1, -0.05) is 30.3 Å². The molecule has 0 heterocycles. The number of hydrazine groups is 1. The standard InChI is InChI=1S/C9H13N3S/c1-10-9(13)12-11-7-8-5-3-2-4-6-8/h2-6,11H,7H2,1H3,(H2,10,12,13). The third-order valence-electron chi connectivity index (χ3n) is 1.56. The Morgan fingerprint density at radius 1 is 1.31 bits per heavy atom. The van der Waals surface area contributed by atoms with E-state index in [-0.39, 0.29) is 0 Å². The van der Waals surface area contributed by atoms with E-state index in [1.165, 1.54) is 5.56 Å². The molecule has 0 aliphatic carbocycles. The van der Waals surface area contributed by atoms with Crippen molar-refractivity contribution in [3.63, 3.8) is 0 Å². The second kappa shape index (κ2) is 5.50. The summed E-state index contributed by atoms with van der Waals surface area (Å²) < 4.78 is 0. The molecule has 0 aliphatic rings. The fourth-order valence-corrected chi connectivity index (χ4v) is 0.957. The van der Waals surface area contributed by atoms with Crippen molar-refractivity contribution in [3.05, 3.63) is 35.9 Å². The van der Waals surface area contributed by atoms with Crippen LogP contribution in [0.2, 0.25) is 0 Å². The predicted molar refractivity (Wildman–Crippen MR) is 58.1 cm³/mol. The monoisotopic (exact) mass is 195 g/mol. The predicted octanol–water partition coefficient (Wildman–Crippen LogP) is 0.785. The first kappa shape index (κ1) is 9.95. The summed E-state index contributed by atoms with van der Waals surface area (Å²) in [6, 6.07) is 10.1. The van der Waals surface area contributed by atoms with Gasteiger partial charge in [0, 0.05) is 13.6 Å². The van der Waals surface area contributed by atoms with E-state index in [9.17, 15) is 0 Å². The van der Waals surface area contributed by atoms with Crippen molar-refractivity contribution < 1.29 is 0 Å². The molecule has 3 N–H and O–H groups in total. The Balaban J connectivity index is 2.24. The molecule has 1 rings (SSSR count). The van der Waals surface area contributed by atoms with Gasteiger partial charge in [0.25, 0.3) is 0 Å². The van der Waals surface area contributed by atoms with Gasteiger partial charge in [0.15, 0.2) is 5.11 Å². The van der Waals surface area contributed by atoms with Crippen molar-refractivity contribution in [1.82, 2.24) is 16.2 Å². The Hall–Kier alpha value is -1.13. The van der Waals surface area contributed by atoms with Gasteiger partial charge in [-0.15, -0.1) is 0 Å². The maximum atomic E-state index is 4.89. The van der Waals surface area contributed by atoms with Crippen molar-refractivity contribution in [3.8, 4) is 0 Å². The molecule has 0 radical (unpaired) electrons. The van der Waals surface area contributed by atoms with Crippen molar-refractivity contribution in [1.29, 1.82) is 0 Å². The van der Waals surface area contributed by atoms with Gasteiger partial charge in [0.05, 0.1) is 0 Å². The van der Waals surface area contributed by atoms with Crippen molar-refractivity contribution in [2.45, 2.75) is 6.54 Å². The summed E-state index contributed by atoms with van der Waals surface area (Å²) in [5.41, 5.74) is 7.07. The van der Waals surface area contributed by atoms with Crippen LogP contribution >= 0.6 is 12.2 Å². The average Bonchev–Trinajstić information content (AvgIpc) is 2.19. The summed E-state index contributed by atoms with van der Waals surface area (Å²) in [5.74, 6) is 0. The normalized spacial score (nSPS) is 9.31. The van der Waals surface area contributed by atoms with Gasteiger partial charge in [-0.25, -0.2) is 5.43 Å². The molecule has 13 heavy (non-hydrogen) atoms. The van der Waals surface area contributed by atoms with Crippen LogP contribution < -0.4 is 16.2 Å². The first-order valence-corrected chi connectivity index (χ1v) is 4.48. The van der Waals surface area contributed by atoms with E-state index < -0.39 is 0 Å². The van der Waals surface area contributed by atoms with Crippen LogP contribution in [0.15, 0.2) is 30.3 Å². The summed E-state index contributed by atoms with van der Waals surface area (Å²) >= 11 is 4.89. The van der Waals surface area contributed by atoms with Crippen LogP contribution in [0.4, 0.5) is 0 Å². The van der Waals surface area contributed by atoms with E-state index in [0.29, 0.717) is 5.11 Å². The van der Waals surface area contributed by atoms with Crippen LogP contribution in [0.1, 0.15) is 5.56 Å². The maximum Gasteiger partial charge on any atom is 0.180 e. The molecule has 0 saturated carbocycles. The summed E-state index contributed by atoms with van der Waals surface area (Å²) in [7, 11) is 1.78. The number of nitrogens with one attached hydrogen (secondary N) is 3. The zero-order valence-corrected chi connectivity index (χ0v) is 8.32. The summed E-state index contributed by atoms with van der Waals surface area (Å²) in [6.07, 6.45) is 0. The molecular weight excluding hydrogens is 182 g/mol. The Morgan fingerprint density at radius 2 is 2.00 bits per heavy atom. The molecule has 0 atom stereocenters. The quantitative estimate of drug-likeness (QED) is 0.492. The van der Waals surface area contributed by atoms with Crippen molar-refractivity contribution in [2.75, 3.05) is 7.05 Å². The third kappa shape index (κ3) is 3.87. The Morgan fingerprint density at radius 3 is 2.62 bits per heavy atom. The highest BCUT2D eigenvalue weighted by Crippen LogP contribution is 1.95. The Labute approximate surface area is 83.5 Å². The minimum atomic E-state index is 0.593. The highest BCUT2D eigenvalue weighted by molar-refractivity contribution is 7.80. The molecule has 0 fully saturated rings. The topological polar surface area (TPSA) is 36.1 Å². The Bertz CT molecular complexity index is 261. The Kier molecular flexibility index (Phi) is 4.21. The second-order valence-corrected chi connectivity index (χ2v) is 2.95. The first-order valence-electron chi connectivity index (χ1n) is 4.07. The van der Waals surface area contributed by atoms with Gasteiger partial charge in [0.2, 0.25) is 0 Å². The smallest absolute Gasteiger partial charge is 0.180 e. The minimum absolute atomic E-state index is 0.593.